The molecule has 0 aromatic heterocycles. The molecule has 2 aromatic rings. The number of carbonyl (C=O) groups excluding carboxylic acids is 1. The van der Waals surface area contributed by atoms with Crippen LogP contribution in [0.15, 0.2) is 48.5 Å². The smallest absolute Gasteiger partial charge is 0.221 e. The van der Waals surface area contributed by atoms with Gasteiger partial charge in [-0.15, -0.1) is 11.6 Å². The summed E-state index contributed by atoms with van der Waals surface area (Å²) in [5.74, 6) is 0.745. The molecular weight excluding hydrogens is 302 g/mol. The number of amides is 1. The second-order valence-corrected chi connectivity index (χ2v) is 5.21. The van der Waals surface area contributed by atoms with Gasteiger partial charge < -0.3 is 15.2 Å². The van der Waals surface area contributed by atoms with Crippen LogP contribution in [0.3, 0.4) is 0 Å². The molecule has 0 radical (unpaired) electrons. The van der Waals surface area contributed by atoms with Crippen LogP contribution >= 0.6 is 11.6 Å². The van der Waals surface area contributed by atoms with Crippen molar-refractivity contribution in [3.8, 4) is 16.9 Å². The van der Waals surface area contributed by atoms with Crippen molar-refractivity contribution < 1.29 is 14.6 Å². The standard InChI is InChI=1S/C17H18ClNO3/c1-12(20)19-15-6-2-13(3-7-15)14-4-8-17(9-5-14)22-11-16(21)10-18/h2-9,16,21H,10-11H2,1H3,(H,19,20). The van der Waals surface area contributed by atoms with Gasteiger partial charge in [0.15, 0.2) is 0 Å². The third-order valence-electron chi connectivity index (χ3n) is 3.01. The van der Waals surface area contributed by atoms with E-state index in [1.165, 1.54) is 6.92 Å². The molecule has 1 unspecified atom stereocenters. The lowest BCUT2D eigenvalue weighted by Gasteiger charge is -2.10. The second-order valence-electron chi connectivity index (χ2n) is 4.90. The Balaban J connectivity index is 2.02. The van der Waals surface area contributed by atoms with E-state index < -0.39 is 6.10 Å². The Hall–Kier alpha value is -2.04. The van der Waals surface area contributed by atoms with Crippen LogP contribution < -0.4 is 10.1 Å². The molecule has 0 aliphatic carbocycles. The van der Waals surface area contributed by atoms with Crippen molar-refractivity contribution in [3.05, 3.63) is 48.5 Å². The maximum atomic E-state index is 11.0. The van der Waals surface area contributed by atoms with Crippen LogP contribution in [-0.4, -0.2) is 29.6 Å². The molecule has 0 aliphatic rings. The fourth-order valence-corrected chi connectivity index (χ4v) is 2.02. The number of halogens is 1. The lowest BCUT2D eigenvalue weighted by atomic mass is 10.1. The quantitative estimate of drug-likeness (QED) is 0.803. The lowest BCUT2D eigenvalue weighted by molar-refractivity contribution is -0.114. The third-order valence-corrected chi connectivity index (χ3v) is 3.37. The number of hydrogen-bond donors (Lipinski definition) is 2. The Morgan fingerprint density at radius 3 is 2.18 bits per heavy atom. The molecule has 1 atom stereocenters. The number of nitrogens with one attached hydrogen (secondary N) is 1. The van der Waals surface area contributed by atoms with E-state index in [1.807, 2.05) is 48.5 Å². The number of carbonyl (C=O) groups is 1. The molecule has 1 amide bonds. The first-order valence-corrected chi connectivity index (χ1v) is 7.47. The maximum absolute atomic E-state index is 11.0. The SMILES string of the molecule is CC(=O)Nc1ccc(-c2ccc(OCC(O)CCl)cc2)cc1. The van der Waals surface area contributed by atoms with Gasteiger partial charge in [-0.05, 0) is 35.4 Å². The first kappa shape index (κ1) is 16.3. The number of benzene rings is 2. The summed E-state index contributed by atoms with van der Waals surface area (Å²) in [6.45, 7) is 1.65. The van der Waals surface area contributed by atoms with E-state index in [0.717, 1.165) is 16.8 Å². The number of anilines is 1. The second kappa shape index (κ2) is 7.82. The summed E-state index contributed by atoms with van der Waals surface area (Å²) >= 11 is 5.51. The molecule has 4 nitrogen and oxygen atoms in total. The summed E-state index contributed by atoms with van der Waals surface area (Å²) < 4.78 is 5.43. The molecule has 2 aromatic carbocycles. The molecule has 0 saturated heterocycles. The molecule has 116 valence electrons. The van der Waals surface area contributed by atoms with Gasteiger partial charge in [-0.1, -0.05) is 24.3 Å². The van der Waals surface area contributed by atoms with Crippen molar-refractivity contribution in [1.82, 2.24) is 0 Å². The predicted octanol–water partition coefficient (Wildman–Crippen LogP) is 3.29. The number of aliphatic hydroxyl groups excluding tert-OH is 1. The minimum absolute atomic E-state index is 0.0895. The van der Waals surface area contributed by atoms with Gasteiger partial charge in [-0.25, -0.2) is 0 Å². The number of alkyl halides is 1. The van der Waals surface area contributed by atoms with E-state index >= 15 is 0 Å². The van der Waals surface area contributed by atoms with Crippen molar-refractivity contribution in [1.29, 1.82) is 0 Å². The molecule has 0 fully saturated rings. The van der Waals surface area contributed by atoms with E-state index in [2.05, 4.69) is 5.32 Å². The number of rotatable bonds is 6. The zero-order valence-electron chi connectivity index (χ0n) is 12.3. The average Bonchev–Trinajstić information content (AvgIpc) is 2.53. The monoisotopic (exact) mass is 319 g/mol. The molecule has 0 bridgehead atoms. The van der Waals surface area contributed by atoms with Gasteiger partial charge >= 0.3 is 0 Å². The molecular formula is C17H18ClNO3. The van der Waals surface area contributed by atoms with Crippen LogP contribution in [0.5, 0.6) is 5.75 Å². The largest absolute Gasteiger partial charge is 0.491 e. The Labute approximate surface area is 134 Å². The van der Waals surface area contributed by atoms with E-state index in [4.69, 9.17) is 16.3 Å². The normalized spacial score (nSPS) is 11.8. The van der Waals surface area contributed by atoms with Crippen LogP contribution in [0.25, 0.3) is 11.1 Å². The van der Waals surface area contributed by atoms with Crippen molar-refractivity contribution >= 4 is 23.2 Å². The Bertz CT molecular complexity index is 611. The average molecular weight is 320 g/mol. The summed E-state index contributed by atoms with van der Waals surface area (Å²) in [5, 5.41) is 12.1. The number of ether oxygens (including phenoxy) is 1. The molecule has 0 saturated carbocycles. The summed E-state index contributed by atoms with van der Waals surface area (Å²) in [6, 6.07) is 15.2. The molecule has 0 heterocycles. The van der Waals surface area contributed by atoms with Crippen molar-refractivity contribution in [3.63, 3.8) is 0 Å². The van der Waals surface area contributed by atoms with Gasteiger partial charge in [0.25, 0.3) is 0 Å². The third kappa shape index (κ3) is 4.76. The van der Waals surface area contributed by atoms with E-state index in [9.17, 15) is 9.90 Å². The zero-order valence-corrected chi connectivity index (χ0v) is 13.0. The van der Waals surface area contributed by atoms with Crippen LogP contribution in [0.2, 0.25) is 0 Å². The van der Waals surface area contributed by atoms with Gasteiger partial charge in [0.2, 0.25) is 5.91 Å². The Kier molecular flexibility index (Phi) is 5.81. The highest BCUT2D eigenvalue weighted by Crippen LogP contribution is 2.24. The fourth-order valence-electron chi connectivity index (χ4n) is 1.93. The van der Waals surface area contributed by atoms with E-state index in [0.29, 0.717) is 5.75 Å². The van der Waals surface area contributed by atoms with Crippen LogP contribution in [0.4, 0.5) is 5.69 Å². The zero-order chi connectivity index (χ0) is 15.9. The first-order chi connectivity index (χ1) is 10.6. The summed E-state index contributed by atoms with van der Waals surface area (Å²) in [6.07, 6.45) is -0.664. The maximum Gasteiger partial charge on any atom is 0.221 e. The minimum Gasteiger partial charge on any atom is -0.491 e. The lowest BCUT2D eigenvalue weighted by Crippen LogP contribution is -2.18. The Morgan fingerprint density at radius 1 is 1.14 bits per heavy atom. The van der Waals surface area contributed by atoms with E-state index in [-0.39, 0.29) is 18.4 Å². The first-order valence-electron chi connectivity index (χ1n) is 6.93. The fraction of sp³-hybridized carbons (Fsp3) is 0.235. The highest BCUT2D eigenvalue weighted by atomic mass is 35.5. The van der Waals surface area contributed by atoms with Crippen molar-refractivity contribution in [2.45, 2.75) is 13.0 Å². The molecule has 22 heavy (non-hydrogen) atoms. The topological polar surface area (TPSA) is 58.6 Å². The molecule has 2 N–H and O–H groups in total. The Morgan fingerprint density at radius 2 is 1.68 bits per heavy atom. The number of hydrogen-bond acceptors (Lipinski definition) is 3. The highest BCUT2D eigenvalue weighted by Gasteiger charge is 2.04. The molecule has 2 rings (SSSR count). The summed E-state index contributed by atoms with van der Waals surface area (Å²) in [5.41, 5.74) is 2.85. The summed E-state index contributed by atoms with van der Waals surface area (Å²) in [7, 11) is 0. The van der Waals surface area contributed by atoms with Gasteiger partial charge in [0, 0.05) is 12.6 Å². The van der Waals surface area contributed by atoms with Crippen LogP contribution in [0.1, 0.15) is 6.92 Å². The van der Waals surface area contributed by atoms with Gasteiger partial charge in [0.1, 0.15) is 18.5 Å². The van der Waals surface area contributed by atoms with Crippen LogP contribution in [0, 0.1) is 0 Å². The van der Waals surface area contributed by atoms with Crippen LogP contribution in [-0.2, 0) is 4.79 Å². The number of aliphatic hydroxyl groups is 1. The minimum atomic E-state index is -0.664. The van der Waals surface area contributed by atoms with Gasteiger partial charge in [0.05, 0.1) is 5.88 Å². The summed E-state index contributed by atoms with van der Waals surface area (Å²) in [4.78, 5) is 11.0. The van der Waals surface area contributed by atoms with Crippen molar-refractivity contribution in [2.24, 2.45) is 0 Å². The molecule has 5 heteroatoms. The van der Waals surface area contributed by atoms with Gasteiger partial charge in [-0.3, -0.25) is 4.79 Å². The highest BCUT2D eigenvalue weighted by molar-refractivity contribution is 6.18. The van der Waals surface area contributed by atoms with Crippen molar-refractivity contribution in [2.75, 3.05) is 17.8 Å². The molecule has 0 aliphatic heterocycles. The van der Waals surface area contributed by atoms with Gasteiger partial charge in [-0.2, -0.15) is 0 Å². The van der Waals surface area contributed by atoms with E-state index in [1.54, 1.807) is 0 Å². The predicted molar refractivity (Wildman–Crippen MR) is 88.4 cm³/mol. The molecule has 0 spiro atoms.